The van der Waals surface area contributed by atoms with Crippen LogP contribution in [0.25, 0.3) is 11.1 Å². The van der Waals surface area contributed by atoms with Crippen LogP contribution in [-0.2, 0) is 24.2 Å². The number of anilines is 3. The SMILES string of the molecule is CCCc1ccc(Nc2nc(NC3=CC(C(F)(F)F)CC(OC)=C3)ncc2-c2cnn(CCO)c2)cc1CN. The van der Waals surface area contributed by atoms with Crippen LogP contribution in [0.3, 0.4) is 0 Å². The van der Waals surface area contributed by atoms with E-state index in [4.69, 9.17) is 10.5 Å². The molecule has 2 heterocycles. The van der Waals surface area contributed by atoms with E-state index < -0.39 is 12.1 Å². The van der Waals surface area contributed by atoms with Gasteiger partial charge < -0.3 is 26.2 Å². The van der Waals surface area contributed by atoms with Gasteiger partial charge in [-0.05, 0) is 41.8 Å². The molecule has 9 nitrogen and oxygen atoms in total. The number of aliphatic hydroxyl groups is 1. The van der Waals surface area contributed by atoms with Crippen molar-refractivity contribution in [3.63, 3.8) is 0 Å². The van der Waals surface area contributed by atoms with Gasteiger partial charge >= 0.3 is 6.18 Å². The van der Waals surface area contributed by atoms with Crippen molar-refractivity contribution in [3.05, 3.63) is 71.5 Å². The van der Waals surface area contributed by atoms with Crippen LogP contribution in [0.4, 0.5) is 30.6 Å². The fraction of sp³-hybridized carbons (Fsp3) is 0.370. The van der Waals surface area contributed by atoms with E-state index in [0.29, 0.717) is 30.0 Å². The van der Waals surface area contributed by atoms with Gasteiger partial charge in [0.15, 0.2) is 0 Å². The maximum Gasteiger partial charge on any atom is 0.395 e. The molecule has 5 N–H and O–H groups in total. The summed E-state index contributed by atoms with van der Waals surface area (Å²) >= 11 is 0. The highest BCUT2D eigenvalue weighted by atomic mass is 19.4. The van der Waals surface area contributed by atoms with Gasteiger partial charge in [-0.2, -0.15) is 23.3 Å². The van der Waals surface area contributed by atoms with Crippen LogP contribution in [-0.4, -0.2) is 44.7 Å². The molecule has 0 aliphatic heterocycles. The lowest BCUT2D eigenvalue weighted by Gasteiger charge is -2.23. The third kappa shape index (κ3) is 6.95. The number of rotatable bonds is 11. The largest absolute Gasteiger partial charge is 0.501 e. The Hall–Kier alpha value is -3.90. The third-order valence-corrected chi connectivity index (χ3v) is 6.33. The lowest BCUT2D eigenvalue weighted by Crippen LogP contribution is -2.25. The Kier molecular flexibility index (Phi) is 8.87. The summed E-state index contributed by atoms with van der Waals surface area (Å²) in [5, 5.41) is 19.7. The molecule has 39 heavy (non-hydrogen) atoms. The number of aryl methyl sites for hydroxylation is 1. The molecule has 1 unspecified atom stereocenters. The third-order valence-electron chi connectivity index (χ3n) is 6.33. The number of aromatic nitrogens is 4. The van der Waals surface area contributed by atoms with Crippen molar-refractivity contribution in [2.75, 3.05) is 24.4 Å². The highest BCUT2D eigenvalue weighted by Crippen LogP contribution is 2.37. The van der Waals surface area contributed by atoms with Crippen LogP contribution in [0.2, 0.25) is 0 Å². The first kappa shape index (κ1) is 28.1. The summed E-state index contributed by atoms with van der Waals surface area (Å²) < 4.78 is 47.2. The lowest BCUT2D eigenvalue weighted by molar-refractivity contribution is -0.162. The normalized spacial score (nSPS) is 15.5. The molecule has 4 rings (SSSR count). The number of nitrogens with zero attached hydrogens (tertiary/aromatic N) is 4. The second kappa shape index (κ2) is 12.3. The maximum absolute atomic E-state index is 13.5. The Bertz CT molecular complexity index is 1350. The highest BCUT2D eigenvalue weighted by Gasteiger charge is 2.40. The first-order valence-electron chi connectivity index (χ1n) is 12.6. The number of alkyl halides is 3. The summed E-state index contributed by atoms with van der Waals surface area (Å²) in [6.07, 6.45) is 4.79. The first-order valence-corrected chi connectivity index (χ1v) is 12.6. The zero-order valence-electron chi connectivity index (χ0n) is 21.8. The molecule has 0 spiro atoms. The quantitative estimate of drug-likeness (QED) is 0.270. The Balaban J connectivity index is 1.70. The number of methoxy groups -OCH3 is 1. The Morgan fingerprint density at radius 1 is 1.21 bits per heavy atom. The summed E-state index contributed by atoms with van der Waals surface area (Å²) in [4.78, 5) is 8.96. The molecule has 2 aromatic heterocycles. The van der Waals surface area contributed by atoms with E-state index in [-0.39, 0.29) is 30.4 Å². The number of ether oxygens (including phenoxy) is 1. The van der Waals surface area contributed by atoms with Crippen molar-refractivity contribution >= 4 is 17.5 Å². The molecular formula is C27H32F3N7O2. The van der Waals surface area contributed by atoms with Crippen LogP contribution >= 0.6 is 0 Å². The van der Waals surface area contributed by atoms with E-state index in [1.165, 1.54) is 18.7 Å². The van der Waals surface area contributed by atoms with E-state index in [0.717, 1.165) is 30.2 Å². The number of nitrogens with one attached hydrogen (secondary N) is 2. The molecule has 0 amide bonds. The molecule has 1 aliphatic rings. The number of halogens is 3. The standard InChI is InChI=1S/C27H32F3N7O2/c1-3-4-17-5-6-21(9-18(17)13-31)34-25-24(19-14-33-37(16-19)7-8-38)15-32-26(36-25)35-22-10-20(27(28,29)30)11-23(12-22)39-2/h5-6,9-10,12,14-16,20,38H,3-4,7-8,11,13,31H2,1-2H3,(H2,32,34,35,36). The van der Waals surface area contributed by atoms with E-state index in [1.807, 2.05) is 18.2 Å². The van der Waals surface area contributed by atoms with Crippen LogP contribution in [0.1, 0.15) is 30.9 Å². The number of benzene rings is 1. The molecule has 208 valence electrons. The summed E-state index contributed by atoms with van der Waals surface area (Å²) in [5.41, 5.74) is 10.4. The van der Waals surface area contributed by atoms with E-state index >= 15 is 0 Å². The molecule has 1 aromatic carbocycles. The van der Waals surface area contributed by atoms with Gasteiger partial charge in [-0.25, -0.2) is 4.98 Å². The van der Waals surface area contributed by atoms with Gasteiger partial charge in [-0.1, -0.05) is 19.4 Å². The van der Waals surface area contributed by atoms with Gasteiger partial charge in [0.25, 0.3) is 0 Å². The predicted octanol–water partition coefficient (Wildman–Crippen LogP) is 4.90. The summed E-state index contributed by atoms with van der Waals surface area (Å²) in [6.45, 7) is 2.74. The monoisotopic (exact) mass is 543 g/mol. The van der Waals surface area contributed by atoms with Crippen LogP contribution in [0, 0.1) is 5.92 Å². The van der Waals surface area contributed by atoms with Gasteiger partial charge in [-0.15, -0.1) is 0 Å². The zero-order chi connectivity index (χ0) is 28.0. The second-order valence-corrected chi connectivity index (χ2v) is 9.15. The van der Waals surface area contributed by atoms with E-state index in [9.17, 15) is 18.3 Å². The molecular weight excluding hydrogens is 511 g/mol. The van der Waals surface area contributed by atoms with E-state index in [1.54, 1.807) is 23.3 Å². The average molecular weight is 544 g/mol. The fourth-order valence-corrected chi connectivity index (χ4v) is 4.35. The lowest BCUT2D eigenvalue weighted by atomic mass is 9.97. The smallest absolute Gasteiger partial charge is 0.395 e. The minimum absolute atomic E-state index is 0.0669. The Morgan fingerprint density at radius 2 is 2.03 bits per heavy atom. The maximum atomic E-state index is 13.5. The summed E-state index contributed by atoms with van der Waals surface area (Å²) in [5.74, 6) is -0.964. The van der Waals surface area contributed by atoms with E-state index in [2.05, 4.69) is 32.6 Å². The van der Waals surface area contributed by atoms with Gasteiger partial charge in [0.05, 0.1) is 38.1 Å². The number of hydrogen-bond donors (Lipinski definition) is 4. The number of aliphatic hydroxyl groups excluding tert-OH is 1. The number of hydrogen-bond acceptors (Lipinski definition) is 8. The molecule has 0 radical (unpaired) electrons. The minimum atomic E-state index is -4.41. The molecule has 1 aliphatic carbocycles. The van der Waals surface area contributed by atoms with Crippen molar-refractivity contribution in [3.8, 4) is 11.1 Å². The highest BCUT2D eigenvalue weighted by molar-refractivity contribution is 5.78. The van der Waals surface area contributed by atoms with Crippen LogP contribution < -0.4 is 16.4 Å². The Morgan fingerprint density at radius 3 is 2.72 bits per heavy atom. The number of nitrogens with two attached hydrogens (primary N) is 1. The van der Waals surface area contributed by atoms with Crippen molar-refractivity contribution in [1.29, 1.82) is 0 Å². The Labute approximate surface area is 224 Å². The van der Waals surface area contributed by atoms with Gasteiger partial charge in [0.2, 0.25) is 5.95 Å². The van der Waals surface area contributed by atoms with Gasteiger partial charge in [-0.3, -0.25) is 4.68 Å². The van der Waals surface area contributed by atoms with Crippen molar-refractivity contribution in [1.82, 2.24) is 19.7 Å². The molecule has 3 aromatic rings. The topological polar surface area (TPSA) is 123 Å². The van der Waals surface area contributed by atoms with Crippen molar-refractivity contribution in [2.24, 2.45) is 11.7 Å². The fourth-order valence-electron chi connectivity index (χ4n) is 4.35. The van der Waals surface area contributed by atoms with Crippen LogP contribution in [0.15, 0.2) is 60.4 Å². The molecule has 0 bridgehead atoms. The zero-order valence-corrected chi connectivity index (χ0v) is 21.8. The second-order valence-electron chi connectivity index (χ2n) is 9.15. The first-order chi connectivity index (χ1) is 18.7. The molecule has 1 atom stereocenters. The minimum Gasteiger partial charge on any atom is -0.501 e. The van der Waals surface area contributed by atoms with Crippen molar-refractivity contribution in [2.45, 2.75) is 45.5 Å². The summed E-state index contributed by atoms with van der Waals surface area (Å²) in [7, 11) is 1.34. The van der Waals surface area contributed by atoms with Crippen molar-refractivity contribution < 1.29 is 23.0 Å². The number of allylic oxidation sites excluding steroid dienone is 3. The predicted molar refractivity (Wildman–Crippen MR) is 143 cm³/mol. The molecule has 12 heteroatoms. The van der Waals surface area contributed by atoms with Gasteiger partial charge in [0, 0.05) is 47.9 Å². The average Bonchev–Trinajstić information content (AvgIpc) is 3.37. The van der Waals surface area contributed by atoms with Gasteiger partial charge in [0.1, 0.15) is 5.82 Å². The molecule has 0 saturated heterocycles. The van der Waals surface area contributed by atoms with Crippen LogP contribution in [0.5, 0.6) is 0 Å². The molecule has 0 saturated carbocycles. The molecule has 0 fully saturated rings. The summed E-state index contributed by atoms with van der Waals surface area (Å²) in [6, 6.07) is 5.92.